The SMILES string of the molecule is C=CCCC(NC(=O)C(C)C1CCOCC1)C(=O)O. The highest BCUT2D eigenvalue weighted by Crippen LogP contribution is 2.23. The van der Waals surface area contributed by atoms with E-state index in [9.17, 15) is 9.59 Å². The number of carboxylic acids is 1. The zero-order valence-corrected chi connectivity index (χ0v) is 11.4. The summed E-state index contributed by atoms with van der Waals surface area (Å²) in [7, 11) is 0. The van der Waals surface area contributed by atoms with Gasteiger partial charge >= 0.3 is 5.97 Å². The minimum absolute atomic E-state index is 0.172. The van der Waals surface area contributed by atoms with Crippen LogP contribution in [0.2, 0.25) is 0 Å². The van der Waals surface area contributed by atoms with Crippen LogP contribution in [0.1, 0.15) is 32.6 Å². The Morgan fingerprint density at radius 2 is 2.11 bits per heavy atom. The quantitative estimate of drug-likeness (QED) is 0.688. The number of rotatable bonds is 7. The van der Waals surface area contributed by atoms with Gasteiger partial charge in [0, 0.05) is 19.1 Å². The molecule has 0 aromatic rings. The van der Waals surface area contributed by atoms with Crippen LogP contribution in [-0.2, 0) is 14.3 Å². The van der Waals surface area contributed by atoms with Crippen molar-refractivity contribution < 1.29 is 19.4 Å². The van der Waals surface area contributed by atoms with Crippen molar-refractivity contribution in [1.29, 1.82) is 0 Å². The van der Waals surface area contributed by atoms with Crippen molar-refractivity contribution in [3.63, 3.8) is 0 Å². The molecule has 1 fully saturated rings. The molecule has 0 saturated carbocycles. The minimum Gasteiger partial charge on any atom is -0.480 e. The van der Waals surface area contributed by atoms with Crippen molar-refractivity contribution in [3.05, 3.63) is 12.7 Å². The Bertz CT molecular complexity index is 323. The molecular weight excluding hydrogens is 246 g/mol. The molecule has 0 radical (unpaired) electrons. The van der Waals surface area contributed by atoms with Crippen LogP contribution in [0, 0.1) is 11.8 Å². The molecule has 5 heteroatoms. The first-order chi connectivity index (χ1) is 9.06. The first-order valence-electron chi connectivity index (χ1n) is 6.78. The molecular formula is C14H23NO4. The van der Waals surface area contributed by atoms with Crippen molar-refractivity contribution in [2.24, 2.45) is 11.8 Å². The highest BCUT2D eigenvalue weighted by atomic mass is 16.5. The second-order valence-electron chi connectivity index (χ2n) is 5.00. The van der Waals surface area contributed by atoms with Crippen LogP contribution in [0.25, 0.3) is 0 Å². The molecule has 0 aromatic heterocycles. The molecule has 1 aliphatic heterocycles. The van der Waals surface area contributed by atoms with E-state index in [0.717, 1.165) is 12.8 Å². The van der Waals surface area contributed by atoms with Crippen LogP contribution in [0.5, 0.6) is 0 Å². The average Bonchev–Trinajstić information content (AvgIpc) is 2.43. The monoisotopic (exact) mass is 269 g/mol. The molecule has 1 saturated heterocycles. The van der Waals surface area contributed by atoms with Gasteiger partial charge < -0.3 is 15.2 Å². The highest BCUT2D eigenvalue weighted by molar-refractivity contribution is 5.84. The van der Waals surface area contributed by atoms with Crippen molar-refractivity contribution in [2.75, 3.05) is 13.2 Å². The lowest BCUT2D eigenvalue weighted by molar-refractivity contribution is -0.143. The molecule has 1 heterocycles. The smallest absolute Gasteiger partial charge is 0.326 e. The fourth-order valence-electron chi connectivity index (χ4n) is 2.27. The molecule has 1 aliphatic rings. The number of carboxylic acid groups (broad SMARTS) is 1. The fourth-order valence-corrected chi connectivity index (χ4v) is 2.27. The summed E-state index contributed by atoms with van der Waals surface area (Å²) in [5, 5.41) is 11.7. The number of amides is 1. The van der Waals surface area contributed by atoms with Crippen LogP contribution in [0.3, 0.4) is 0 Å². The Morgan fingerprint density at radius 3 is 2.63 bits per heavy atom. The van der Waals surface area contributed by atoms with Crippen LogP contribution in [-0.4, -0.2) is 36.2 Å². The van der Waals surface area contributed by atoms with Gasteiger partial charge in [0.25, 0.3) is 0 Å². The van der Waals surface area contributed by atoms with Crippen molar-refractivity contribution in [3.8, 4) is 0 Å². The molecule has 2 N–H and O–H groups in total. The maximum atomic E-state index is 12.1. The zero-order valence-electron chi connectivity index (χ0n) is 11.4. The van der Waals surface area contributed by atoms with E-state index in [1.54, 1.807) is 6.08 Å². The molecule has 5 nitrogen and oxygen atoms in total. The Kier molecular flexibility index (Phi) is 6.56. The summed E-state index contributed by atoms with van der Waals surface area (Å²) in [5.41, 5.74) is 0. The standard InChI is InChI=1S/C14H23NO4/c1-3-4-5-12(14(17)18)15-13(16)10(2)11-6-8-19-9-7-11/h3,10-12H,1,4-9H2,2H3,(H,15,16)(H,17,18). The van der Waals surface area contributed by atoms with Gasteiger partial charge in [-0.15, -0.1) is 6.58 Å². The fraction of sp³-hybridized carbons (Fsp3) is 0.714. The third-order valence-electron chi connectivity index (χ3n) is 3.66. The van der Waals surface area contributed by atoms with Gasteiger partial charge in [-0.1, -0.05) is 13.0 Å². The molecule has 19 heavy (non-hydrogen) atoms. The second-order valence-corrected chi connectivity index (χ2v) is 5.00. The van der Waals surface area contributed by atoms with E-state index in [0.29, 0.717) is 26.1 Å². The lowest BCUT2D eigenvalue weighted by Gasteiger charge is -2.27. The summed E-state index contributed by atoms with van der Waals surface area (Å²) in [4.78, 5) is 23.1. The second kappa shape index (κ2) is 7.94. The van der Waals surface area contributed by atoms with E-state index < -0.39 is 12.0 Å². The Balaban J connectivity index is 2.49. The van der Waals surface area contributed by atoms with Crippen LogP contribution < -0.4 is 5.32 Å². The molecule has 0 aliphatic carbocycles. The minimum atomic E-state index is -0.991. The number of ether oxygens (including phenoxy) is 1. The lowest BCUT2D eigenvalue weighted by Crippen LogP contribution is -2.45. The van der Waals surface area contributed by atoms with Crippen molar-refractivity contribution in [1.82, 2.24) is 5.32 Å². The van der Waals surface area contributed by atoms with Gasteiger partial charge in [-0.2, -0.15) is 0 Å². The van der Waals surface area contributed by atoms with Gasteiger partial charge in [-0.05, 0) is 31.6 Å². The summed E-state index contributed by atoms with van der Waals surface area (Å²) in [6, 6.07) is -0.826. The summed E-state index contributed by atoms with van der Waals surface area (Å²) in [6.45, 7) is 6.78. The number of aliphatic carboxylic acids is 1. The van der Waals surface area contributed by atoms with Crippen molar-refractivity contribution in [2.45, 2.75) is 38.6 Å². The molecule has 0 aromatic carbocycles. The number of hydrogen-bond donors (Lipinski definition) is 2. The molecule has 2 unspecified atom stereocenters. The maximum Gasteiger partial charge on any atom is 0.326 e. The van der Waals surface area contributed by atoms with E-state index in [1.807, 2.05) is 6.92 Å². The molecule has 108 valence electrons. The number of carbonyl (C=O) groups is 2. The van der Waals surface area contributed by atoms with Gasteiger partial charge in [-0.25, -0.2) is 4.79 Å². The largest absolute Gasteiger partial charge is 0.480 e. The normalized spacial score (nSPS) is 19.4. The van der Waals surface area contributed by atoms with Gasteiger partial charge in [-0.3, -0.25) is 4.79 Å². The van der Waals surface area contributed by atoms with Crippen LogP contribution >= 0.6 is 0 Å². The molecule has 1 rings (SSSR count). The highest BCUT2D eigenvalue weighted by Gasteiger charge is 2.28. The van der Waals surface area contributed by atoms with E-state index in [4.69, 9.17) is 9.84 Å². The Labute approximate surface area is 114 Å². The van der Waals surface area contributed by atoms with Gasteiger partial charge in [0.15, 0.2) is 0 Å². The Morgan fingerprint density at radius 1 is 1.47 bits per heavy atom. The van der Waals surface area contributed by atoms with E-state index in [-0.39, 0.29) is 17.7 Å². The predicted octanol–water partition coefficient (Wildman–Crippen LogP) is 1.58. The Hall–Kier alpha value is -1.36. The third kappa shape index (κ3) is 5.03. The van der Waals surface area contributed by atoms with E-state index in [2.05, 4.69) is 11.9 Å². The van der Waals surface area contributed by atoms with Crippen LogP contribution in [0.4, 0.5) is 0 Å². The average molecular weight is 269 g/mol. The number of carbonyl (C=O) groups excluding carboxylic acids is 1. The first-order valence-corrected chi connectivity index (χ1v) is 6.78. The van der Waals surface area contributed by atoms with Crippen molar-refractivity contribution >= 4 is 11.9 Å². The molecule has 1 amide bonds. The molecule has 2 atom stereocenters. The van der Waals surface area contributed by atoms with E-state index >= 15 is 0 Å². The maximum absolute atomic E-state index is 12.1. The summed E-state index contributed by atoms with van der Waals surface area (Å²) in [6.07, 6.45) is 4.33. The van der Waals surface area contributed by atoms with Crippen LogP contribution in [0.15, 0.2) is 12.7 Å². The first kappa shape index (κ1) is 15.7. The summed E-state index contributed by atoms with van der Waals surface area (Å²) < 4.78 is 5.27. The van der Waals surface area contributed by atoms with Gasteiger partial charge in [0.2, 0.25) is 5.91 Å². The number of allylic oxidation sites excluding steroid dienone is 1. The lowest BCUT2D eigenvalue weighted by atomic mass is 9.86. The molecule has 0 spiro atoms. The van der Waals surface area contributed by atoms with Gasteiger partial charge in [0.05, 0.1) is 0 Å². The third-order valence-corrected chi connectivity index (χ3v) is 3.66. The zero-order chi connectivity index (χ0) is 14.3. The number of hydrogen-bond acceptors (Lipinski definition) is 3. The van der Waals surface area contributed by atoms with Gasteiger partial charge in [0.1, 0.15) is 6.04 Å². The van der Waals surface area contributed by atoms with E-state index in [1.165, 1.54) is 0 Å². The molecule has 0 bridgehead atoms. The topological polar surface area (TPSA) is 75.6 Å². The number of nitrogens with one attached hydrogen (secondary N) is 1. The predicted molar refractivity (Wildman–Crippen MR) is 71.7 cm³/mol. The summed E-state index contributed by atoms with van der Waals surface area (Å²) >= 11 is 0. The summed E-state index contributed by atoms with van der Waals surface area (Å²) in [5.74, 6) is -1.06.